The van der Waals surface area contributed by atoms with Crippen LogP contribution in [0.25, 0.3) is 0 Å². The summed E-state index contributed by atoms with van der Waals surface area (Å²) in [4.78, 5) is 0. The van der Waals surface area contributed by atoms with Crippen molar-refractivity contribution < 1.29 is 18.9 Å². The van der Waals surface area contributed by atoms with Crippen molar-refractivity contribution in [2.45, 2.75) is 25.9 Å². The maximum absolute atomic E-state index is 5.64. The van der Waals surface area contributed by atoms with Gasteiger partial charge < -0.3 is 24.3 Å². The molecule has 2 aromatic carbocycles. The van der Waals surface area contributed by atoms with E-state index in [4.69, 9.17) is 18.9 Å². The Morgan fingerprint density at radius 3 is 2.40 bits per heavy atom. The Labute approximate surface area is 148 Å². The average molecular weight is 343 g/mol. The molecule has 0 bridgehead atoms. The van der Waals surface area contributed by atoms with Gasteiger partial charge in [0.15, 0.2) is 23.0 Å². The van der Waals surface area contributed by atoms with E-state index in [0.29, 0.717) is 19.3 Å². The number of hydrogen-bond donors (Lipinski definition) is 1. The third kappa shape index (κ3) is 4.37. The Hall–Kier alpha value is -2.40. The van der Waals surface area contributed by atoms with E-state index in [2.05, 4.69) is 24.4 Å². The van der Waals surface area contributed by atoms with E-state index in [-0.39, 0.29) is 0 Å². The lowest BCUT2D eigenvalue weighted by molar-refractivity contribution is 0.171. The largest absolute Gasteiger partial charge is 0.493 e. The first-order chi connectivity index (χ1) is 12.2. The van der Waals surface area contributed by atoms with Crippen molar-refractivity contribution >= 4 is 0 Å². The van der Waals surface area contributed by atoms with E-state index in [0.717, 1.165) is 36.0 Å². The molecule has 25 heavy (non-hydrogen) atoms. The minimum absolute atomic E-state index is 0.325. The van der Waals surface area contributed by atoms with Gasteiger partial charge in [-0.2, -0.15) is 0 Å². The van der Waals surface area contributed by atoms with Gasteiger partial charge in [0.25, 0.3) is 0 Å². The Kier molecular flexibility index (Phi) is 5.66. The predicted molar refractivity (Wildman–Crippen MR) is 97.0 cm³/mol. The molecular weight excluding hydrogens is 318 g/mol. The predicted octanol–water partition coefficient (Wildman–Crippen LogP) is 3.20. The molecule has 134 valence electrons. The number of fused-ring (bicyclic) bond motifs is 1. The molecule has 0 spiro atoms. The standard InChI is InChI=1S/C20H25NO4/c1-14(10-15-4-6-17(22-2)19(11-15)23-3)21-13-16-5-7-18-20(12-16)25-9-8-24-18/h4-7,11-12,14,21H,8-10,13H2,1-3H3. The second-order valence-corrected chi connectivity index (χ2v) is 6.15. The van der Waals surface area contributed by atoms with Crippen molar-refractivity contribution in [1.29, 1.82) is 0 Å². The average Bonchev–Trinajstić information content (AvgIpc) is 2.66. The van der Waals surface area contributed by atoms with Gasteiger partial charge in [0.2, 0.25) is 0 Å². The minimum Gasteiger partial charge on any atom is -0.493 e. The number of methoxy groups -OCH3 is 2. The van der Waals surface area contributed by atoms with Gasteiger partial charge >= 0.3 is 0 Å². The van der Waals surface area contributed by atoms with Crippen molar-refractivity contribution in [2.75, 3.05) is 27.4 Å². The van der Waals surface area contributed by atoms with E-state index >= 15 is 0 Å². The van der Waals surface area contributed by atoms with E-state index in [9.17, 15) is 0 Å². The van der Waals surface area contributed by atoms with Gasteiger partial charge in [0.1, 0.15) is 13.2 Å². The highest BCUT2D eigenvalue weighted by atomic mass is 16.6. The molecule has 0 aromatic heterocycles. The van der Waals surface area contributed by atoms with Gasteiger partial charge in [0.05, 0.1) is 14.2 Å². The van der Waals surface area contributed by atoms with Crippen molar-refractivity contribution in [3.63, 3.8) is 0 Å². The van der Waals surface area contributed by atoms with Gasteiger partial charge in [0, 0.05) is 12.6 Å². The molecule has 0 amide bonds. The topological polar surface area (TPSA) is 49.0 Å². The number of ether oxygens (including phenoxy) is 4. The van der Waals surface area contributed by atoms with Crippen LogP contribution in [0.1, 0.15) is 18.1 Å². The van der Waals surface area contributed by atoms with Crippen molar-refractivity contribution in [3.05, 3.63) is 47.5 Å². The van der Waals surface area contributed by atoms with Crippen LogP contribution in [-0.4, -0.2) is 33.5 Å². The molecule has 0 fully saturated rings. The summed E-state index contributed by atoms with van der Waals surface area (Å²) in [6.07, 6.45) is 0.908. The molecule has 0 aliphatic carbocycles. The van der Waals surface area contributed by atoms with Crippen LogP contribution in [0.5, 0.6) is 23.0 Å². The lowest BCUT2D eigenvalue weighted by Gasteiger charge is -2.20. The fourth-order valence-corrected chi connectivity index (χ4v) is 2.92. The van der Waals surface area contributed by atoms with E-state index in [1.807, 2.05) is 24.3 Å². The first kappa shape index (κ1) is 17.4. The Morgan fingerprint density at radius 1 is 0.920 bits per heavy atom. The normalized spacial score (nSPS) is 14.0. The molecule has 0 radical (unpaired) electrons. The Morgan fingerprint density at radius 2 is 1.64 bits per heavy atom. The number of hydrogen-bond acceptors (Lipinski definition) is 5. The van der Waals surface area contributed by atoms with Gasteiger partial charge in [-0.25, -0.2) is 0 Å². The van der Waals surface area contributed by atoms with Gasteiger partial charge in [-0.1, -0.05) is 12.1 Å². The highest BCUT2D eigenvalue weighted by molar-refractivity contribution is 5.44. The third-order valence-corrected chi connectivity index (χ3v) is 4.25. The first-order valence-electron chi connectivity index (χ1n) is 8.52. The number of rotatable bonds is 7. The van der Waals surface area contributed by atoms with Crippen LogP contribution in [-0.2, 0) is 13.0 Å². The molecular formula is C20H25NO4. The van der Waals surface area contributed by atoms with Gasteiger partial charge in [-0.3, -0.25) is 0 Å². The summed E-state index contributed by atoms with van der Waals surface area (Å²) >= 11 is 0. The number of benzene rings is 2. The highest BCUT2D eigenvalue weighted by Gasteiger charge is 2.12. The molecule has 5 heteroatoms. The Bertz CT molecular complexity index is 717. The second kappa shape index (κ2) is 8.12. The quantitative estimate of drug-likeness (QED) is 0.837. The molecule has 1 unspecified atom stereocenters. The van der Waals surface area contributed by atoms with Crippen LogP contribution in [0.3, 0.4) is 0 Å². The maximum Gasteiger partial charge on any atom is 0.161 e. The SMILES string of the molecule is COc1ccc(CC(C)NCc2ccc3c(c2)OCCO3)cc1OC. The van der Waals surface area contributed by atoms with Crippen LogP contribution in [0.4, 0.5) is 0 Å². The fraction of sp³-hybridized carbons (Fsp3) is 0.400. The molecule has 0 saturated heterocycles. The van der Waals surface area contributed by atoms with E-state index in [1.54, 1.807) is 14.2 Å². The molecule has 5 nitrogen and oxygen atoms in total. The Balaban J connectivity index is 1.57. The molecule has 1 aliphatic heterocycles. The van der Waals surface area contributed by atoms with Crippen LogP contribution < -0.4 is 24.3 Å². The van der Waals surface area contributed by atoms with Crippen molar-refractivity contribution in [3.8, 4) is 23.0 Å². The summed E-state index contributed by atoms with van der Waals surface area (Å²) in [5, 5.41) is 3.55. The zero-order valence-electron chi connectivity index (χ0n) is 15.0. The lowest BCUT2D eigenvalue weighted by Crippen LogP contribution is -2.27. The highest BCUT2D eigenvalue weighted by Crippen LogP contribution is 2.31. The third-order valence-electron chi connectivity index (χ3n) is 4.25. The van der Waals surface area contributed by atoms with Crippen LogP contribution in [0.15, 0.2) is 36.4 Å². The summed E-state index contributed by atoms with van der Waals surface area (Å²) in [5.41, 5.74) is 2.39. The van der Waals surface area contributed by atoms with Crippen molar-refractivity contribution in [2.24, 2.45) is 0 Å². The van der Waals surface area contributed by atoms with Crippen LogP contribution >= 0.6 is 0 Å². The van der Waals surface area contributed by atoms with E-state index in [1.165, 1.54) is 11.1 Å². The summed E-state index contributed by atoms with van der Waals surface area (Å²) in [6, 6.07) is 12.5. The monoisotopic (exact) mass is 343 g/mol. The van der Waals surface area contributed by atoms with Gasteiger partial charge in [-0.15, -0.1) is 0 Å². The maximum atomic E-state index is 5.64. The molecule has 2 aromatic rings. The molecule has 1 atom stereocenters. The molecule has 1 heterocycles. The van der Waals surface area contributed by atoms with Crippen molar-refractivity contribution in [1.82, 2.24) is 5.32 Å². The first-order valence-corrected chi connectivity index (χ1v) is 8.52. The zero-order chi connectivity index (χ0) is 17.6. The summed E-state index contributed by atoms with van der Waals surface area (Å²) < 4.78 is 21.8. The second-order valence-electron chi connectivity index (χ2n) is 6.15. The van der Waals surface area contributed by atoms with E-state index < -0.39 is 0 Å². The fourth-order valence-electron chi connectivity index (χ4n) is 2.92. The summed E-state index contributed by atoms with van der Waals surface area (Å²) in [6.45, 7) is 4.19. The smallest absolute Gasteiger partial charge is 0.161 e. The number of nitrogens with one attached hydrogen (secondary N) is 1. The zero-order valence-corrected chi connectivity index (χ0v) is 15.0. The summed E-state index contributed by atoms with van der Waals surface area (Å²) in [7, 11) is 3.31. The minimum atomic E-state index is 0.325. The van der Waals surface area contributed by atoms with Gasteiger partial charge in [-0.05, 0) is 48.7 Å². The molecule has 0 saturated carbocycles. The van der Waals surface area contributed by atoms with Crippen LogP contribution in [0, 0.1) is 0 Å². The molecule has 1 aliphatic rings. The molecule has 3 rings (SSSR count). The molecule has 1 N–H and O–H groups in total. The van der Waals surface area contributed by atoms with Crippen LogP contribution in [0.2, 0.25) is 0 Å². The lowest BCUT2D eigenvalue weighted by atomic mass is 10.1. The summed E-state index contributed by atoms with van der Waals surface area (Å²) in [5.74, 6) is 3.17.